The van der Waals surface area contributed by atoms with Gasteiger partial charge in [-0.3, -0.25) is 4.72 Å². The second-order valence-corrected chi connectivity index (χ2v) is 8.47. The molecule has 2 rings (SSSR count). The van der Waals surface area contributed by atoms with E-state index in [2.05, 4.69) is 31.3 Å². The number of hydrogen-bond acceptors (Lipinski definition) is 3. The van der Waals surface area contributed by atoms with Gasteiger partial charge in [-0.05, 0) is 48.4 Å². The third kappa shape index (κ3) is 6.06. The number of anilines is 2. The van der Waals surface area contributed by atoms with E-state index in [9.17, 15) is 13.2 Å². The number of benzene rings is 2. The van der Waals surface area contributed by atoms with Crippen molar-refractivity contribution in [2.45, 2.75) is 18.7 Å². The highest BCUT2D eigenvalue weighted by molar-refractivity contribution is 9.10. The van der Waals surface area contributed by atoms with E-state index in [-0.39, 0.29) is 10.9 Å². The highest BCUT2D eigenvalue weighted by atomic mass is 79.9. The smallest absolute Gasteiger partial charge is 0.319 e. The van der Waals surface area contributed by atoms with Gasteiger partial charge in [0.1, 0.15) is 0 Å². The van der Waals surface area contributed by atoms with Crippen LogP contribution in [0.25, 0.3) is 0 Å². The van der Waals surface area contributed by atoms with Crippen molar-refractivity contribution >= 4 is 43.4 Å². The molecule has 8 heteroatoms. The van der Waals surface area contributed by atoms with Crippen LogP contribution in [0.4, 0.5) is 16.2 Å². The lowest BCUT2D eigenvalue weighted by Crippen LogP contribution is -2.31. The Kier molecular flexibility index (Phi) is 6.44. The normalized spacial score (nSPS) is 11.2. The monoisotopic (exact) mass is 425 g/mol. The van der Waals surface area contributed by atoms with Gasteiger partial charge in [-0.25, -0.2) is 13.2 Å². The molecule has 0 heterocycles. The lowest BCUT2D eigenvalue weighted by molar-refractivity contribution is 0.251. The van der Waals surface area contributed by atoms with Crippen molar-refractivity contribution in [3.05, 3.63) is 53.0 Å². The Morgan fingerprint density at radius 3 is 2.36 bits per heavy atom. The summed E-state index contributed by atoms with van der Waals surface area (Å²) < 4.78 is 28.1. The van der Waals surface area contributed by atoms with Gasteiger partial charge in [0.25, 0.3) is 10.0 Å². The average Bonchev–Trinajstić information content (AvgIpc) is 2.53. The maximum absolute atomic E-state index is 12.4. The van der Waals surface area contributed by atoms with Gasteiger partial charge >= 0.3 is 6.03 Å². The fourth-order valence-electron chi connectivity index (χ4n) is 1.96. The zero-order valence-corrected chi connectivity index (χ0v) is 16.3. The maximum atomic E-state index is 12.4. The number of carbonyl (C=O) groups is 1. The molecular weight excluding hydrogens is 406 g/mol. The predicted molar refractivity (Wildman–Crippen MR) is 103 cm³/mol. The lowest BCUT2D eigenvalue weighted by atomic mass is 10.2. The average molecular weight is 426 g/mol. The van der Waals surface area contributed by atoms with Crippen molar-refractivity contribution in [2.75, 3.05) is 16.6 Å². The van der Waals surface area contributed by atoms with Crippen LogP contribution in [0, 0.1) is 5.92 Å². The Morgan fingerprint density at radius 1 is 1.08 bits per heavy atom. The lowest BCUT2D eigenvalue weighted by Gasteiger charge is -2.11. The molecule has 2 aromatic carbocycles. The number of urea groups is 1. The highest BCUT2D eigenvalue weighted by Crippen LogP contribution is 2.21. The van der Waals surface area contributed by atoms with Gasteiger partial charge in [0.15, 0.2) is 0 Å². The molecule has 6 nitrogen and oxygen atoms in total. The van der Waals surface area contributed by atoms with Gasteiger partial charge in [-0.1, -0.05) is 35.8 Å². The van der Waals surface area contributed by atoms with Crippen LogP contribution in [-0.4, -0.2) is 21.0 Å². The fourth-order valence-corrected chi connectivity index (χ4v) is 3.40. The summed E-state index contributed by atoms with van der Waals surface area (Å²) in [6, 6.07) is 12.5. The molecule has 0 aliphatic rings. The third-order valence-corrected chi connectivity index (χ3v) is 5.06. The van der Waals surface area contributed by atoms with Gasteiger partial charge in [-0.15, -0.1) is 0 Å². The van der Waals surface area contributed by atoms with Crippen molar-refractivity contribution in [3.8, 4) is 0 Å². The molecule has 0 unspecified atom stereocenters. The molecule has 25 heavy (non-hydrogen) atoms. The topological polar surface area (TPSA) is 87.3 Å². The van der Waals surface area contributed by atoms with Crippen molar-refractivity contribution in [3.63, 3.8) is 0 Å². The van der Waals surface area contributed by atoms with Crippen molar-refractivity contribution in [2.24, 2.45) is 5.92 Å². The first-order chi connectivity index (χ1) is 11.8. The molecule has 0 aliphatic heterocycles. The number of halogens is 1. The van der Waals surface area contributed by atoms with E-state index in [0.29, 0.717) is 23.8 Å². The molecule has 2 amide bonds. The molecule has 0 aromatic heterocycles. The Morgan fingerprint density at radius 2 is 1.76 bits per heavy atom. The van der Waals surface area contributed by atoms with E-state index in [1.165, 1.54) is 12.1 Å². The van der Waals surface area contributed by atoms with E-state index in [1.54, 1.807) is 30.3 Å². The summed E-state index contributed by atoms with van der Waals surface area (Å²) in [5.41, 5.74) is 0.979. The minimum absolute atomic E-state index is 0.112. The molecule has 0 bridgehead atoms. The van der Waals surface area contributed by atoms with Crippen molar-refractivity contribution in [1.29, 1.82) is 0 Å². The molecule has 134 valence electrons. The Labute approximate surface area is 156 Å². The largest absolute Gasteiger partial charge is 0.338 e. The first-order valence-corrected chi connectivity index (χ1v) is 9.97. The molecule has 0 saturated carbocycles. The Balaban J connectivity index is 2.04. The van der Waals surface area contributed by atoms with Crippen LogP contribution < -0.4 is 15.4 Å². The molecular formula is C17H20BrN3O3S. The Bertz CT molecular complexity index is 836. The zero-order chi connectivity index (χ0) is 18.4. The molecule has 0 aliphatic carbocycles. The summed E-state index contributed by atoms with van der Waals surface area (Å²) in [5, 5.41) is 5.39. The molecule has 0 spiro atoms. The predicted octanol–water partition coefficient (Wildman–Crippen LogP) is 4.03. The van der Waals surface area contributed by atoms with E-state index in [1.807, 2.05) is 19.9 Å². The standard InChI is InChI=1S/C17H20BrN3O3S/c1-12(2)11-19-17(22)20-14-6-8-16(9-7-14)25(23,24)21-15-5-3-4-13(18)10-15/h3-10,12,21H,11H2,1-2H3,(H2,19,20,22). The summed E-state index contributed by atoms with van der Waals surface area (Å²) >= 11 is 3.30. The van der Waals surface area contributed by atoms with E-state index >= 15 is 0 Å². The van der Waals surface area contributed by atoms with Crippen LogP contribution >= 0.6 is 15.9 Å². The van der Waals surface area contributed by atoms with Crippen molar-refractivity contribution < 1.29 is 13.2 Å². The van der Waals surface area contributed by atoms with Crippen LogP contribution in [0.5, 0.6) is 0 Å². The van der Waals surface area contributed by atoms with Crippen LogP contribution in [0.1, 0.15) is 13.8 Å². The number of sulfonamides is 1. The number of hydrogen-bond donors (Lipinski definition) is 3. The van der Waals surface area contributed by atoms with E-state index in [0.717, 1.165) is 4.47 Å². The second kappa shape index (κ2) is 8.35. The SMILES string of the molecule is CC(C)CNC(=O)Nc1ccc(S(=O)(=O)Nc2cccc(Br)c2)cc1. The quantitative estimate of drug-likeness (QED) is 0.652. The second-order valence-electron chi connectivity index (χ2n) is 5.87. The number of nitrogens with one attached hydrogen (secondary N) is 3. The summed E-state index contributed by atoms with van der Waals surface area (Å²) in [7, 11) is -3.70. The minimum atomic E-state index is -3.70. The van der Waals surface area contributed by atoms with Gasteiger partial charge in [0.05, 0.1) is 4.90 Å². The first-order valence-electron chi connectivity index (χ1n) is 7.69. The number of amides is 2. The molecule has 2 aromatic rings. The zero-order valence-electron chi connectivity index (χ0n) is 13.9. The minimum Gasteiger partial charge on any atom is -0.338 e. The molecule has 0 atom stereocenters. The van der Waals surface area contributed by atoms with E-state index < -0.39 is 10.0 Å². The van der Waals surface area contributed by atoms with Crippen LogP contribution in [0.15, 0.2) is 57.9 Å². The molecule has 0 fully saturated rings. The summed E-state index contributed by atoms with van der Waals surface area (Å²) in [4.78, 5) is 11.8. The summed E-state index contributed by atoms with van der Waals surface area (Å²) in [6.45, 7) is 4.56. The van der Waals surface area contributed by atoms with Gasteiger partial charge in [0.2, 0.25) is 0 Å². The number of carbonyl (C=O) groups excluding carboxylic acids is 1. The molecule has 0 saturated heterocycles. The number of rotatable bonds is 6. The highest BCUT2D eigenvalue weighted by Gasteiger charge is 2.14. The van der Waals surface area contributed by atoms with Gasteiger partial charge in [-0.2, -0.15) is 0 Å². The van der Waals surface area contributed by atoms with Crippen LogP contribution in [0.2, 0.25) is 0 Å². The van der Waals surface area contributed by atoms with Crippen molar-refractivity contribution in [1.82, 2.24) is 5.32 Å². The fraction of sp³-hybridized carbons (Fsp3) is 0.235. The summed E-state index contributed by atoms with van der Waals surface area (Å²) in [5.74, 6) is 0.349. The summed E-state index contributed by atoms with van der Waals surface area (Å²) in [6.07, 6.45) is 0. The van der Waals surface area contributed by atoms with Crippen LogP contribution in [0.3, 0.4) is 0 Å². The Hall–Kier alpha value is -2.06. The molecule has 0 radical (unpaired) electrons. The van der Waals surface area contributed by atoms with Gasteiger partial charge in [0, 0.05) is 22.4 Å². The van der Waals surface area contributed by atoms with E-state index in [4.69, 9.17) is 0 Å². The maximum Gasteiger partial charge on any atom is 0.319 e. The van der Waals surface area contributed by atoms with Crippen LogP contribution in [-0.2, 0) is 10.0 Å². The van der Waals surface area contributed by atoms with Gasteiger partial charge < -0.3 is 10.6 Å². The third-order valence-electron chi connectivity index (χ3n) is 3.17. The molecule has 3 N–H and O–H groups in total. The first kappa shape index (κ1) is 19.3.